The van der Waals surface area contributed by atoms with Crippen molar-refractivity contribution in [2.24, 2.45) is 0 Å². The van der Waals surface area contributed by atoms with Crippen molar-refractivity contribution in [3.63, 3.8) is 0 Å². The highest BCUT2D eigenvalue weighted by Crippen LogP contribution is 2.24. The minimum absolute atomic E-state index is 0.686. The van der Waals surface area contributed by atoms with Gasteiger partial charge in [0.2, 0.25) is 0 Å². The molecule has 17 heavy (non-hydrogen) atoms. The highest BCUT2D eigenvalue weighted by Gasteiger charge is 2.21. The van der Waals surface area contributed by atoms with Crippen LogP contribution in [0.1, 0.15) is 38.2 Å². The molecule has 3 nitrogen and oxygen atoms in total. The van der Waals surface area contributed by atoms with Gasteiger partial charge in [-0.2, -0.15) is 0 Å². The van der Waals surface area contributed by atoms with Crippen molar-refractivity contribution in [1.82, 2.24) is 10.3 Å². The Kier molecular flexibility index (Phi) is 4.37. The monoisotopic (exact) mass is 233 g/mol. The predicted molar refractivity (Wildman–Crippen MR) is 72.3 cm³/mol. The van der Waals surface area contributed by atoms with Crippen LogP contribution in [0.2, 0.25) is 0 Å². The van der Waals surface area contributed by atoms with E-state index < -0.39 is 0 Å². The molecule has 1 aliphatic heterocycles. The van der Waals surface area contributed by atoms with Crippen LogP contribution in [0.5, 0.6) is 0 Å². The van der Waals surface area contributed by atoms with Crippen LogP contribution in [0.15, 0.2) is 18.3 Å². The summed E-state index contributed by atoms with van der Waals surface area (Å²) in [6.07, 6.45) is 7.20. The molecule has 1 saturated heterocycles. The summed E-state index contributed by atoms with van der Waals surface area (Å²) in [7, 11) is 1.96. The van der Waals surface area contributed by atoms with Crippen LogP contribution in [0.4, 0.5) is 5.82 Å². The van der Waals surface area contributed by atoms with Gasteiger partial charge in [0.15, 0.2) is 0 Å². The predicted octanol–water partition coefficient (Wildman–Crippen LogP) is 2.57. The average Bonchev–Trinajstić information content (AvgIpc) is 2.40. The highest BCUT2D eigenvalue weighted by atomic mass is 15.2. The van der Waals surface area contributed by atoms with Crippen molar-refractivity contribution >= 4 is 5.82 Å². The third-order valence-electron chi connectivity index (χ3n) is 3.58. The standard InChI is InChI=1S/C14H23N3/c1-3-13-6-4-5-9-17(13)14-8-7-12(10-15-2)11-16-14/h7-8,11,13,15H,3-6,9-10H2,1-2H3. The molecule has 2 heterocycles. The van der Waals surface area contributed by atoms with E-state index in [0.29, 0.717) is 6.04 Å². The summed E-state index contributed by atoms with van der Waals surface area (Å²) in [6, 6.07) is 5.03. The lowest BCUT2D eigenvalue weighted by Gasteiger charge is -2.36. The maximum absolute atomic E-state index is 4.61. The molecule has 1 aromatic heterocycles. The highest BCUT2D eigenvalue weighted by molar-refractivity contribution is 5.41. The Morgan fingerprint density at radius 2 is 2.29 bits per heavy atom. The van der Waals surface area contributed by atoms with Crippen molar-refractivity contribution in [2.45, 2.75) is 45.2 Å². The number of nitrogens with one attached hydrogen (secondary N) is 1. The first kappa shape index (κ1) is 12.4. The van der Waals surface area contributed by atoms with E-state index >= 15 is 0 Å². The van der Waals surface area contributed by atoms with Crippen LogP contribution in [-0.4, -0.2) is 24.6 Å². The van der Waals surface area contributed by atoms with Crippen molar-refractivity contribution in [1.29, 1.82) is 0 Å². The number of anilines is 1. The summed E-state index contributed by atoms with van der Waals surface area (Å²) < 4.78 is 0. The molecule has 1 fully saturated rings. The average molecular weight is 233 g/mol. The van der Waals surface area contributed by atoms with Crippen molar-refractivity contribution in [2.75, 3.05) is 18.5 Å². The van der Waals surface area contributed by atoms with E-state index in [4.69, 9.17) is 0 Å². The first-order valence-corrected chi connectivity index (χ1v) is 6.71. The molecule has 2 rings (SSSR count). The minimum Gasteiger partial charge on any atom is -0.354 e. The summed E-state index contributed by atoms with van der Waals surface area (Å²) in [5, 5.41) is 3.15. The van der Waals surface area contributed by atoms with E-state index in [1.807, 2.05) is 13.2 Å². The van der Waals surface area contributed by atoms with E-state index in [2.05, 4.69) is 34.3 Å². The Labute approximate surface area is 104 Å². The molecule has 1 aliphatic rings. The van der Waals surface area contributed by atoms with Crippen LogP contribution in [0.25, 0.3) is 0 Å². The first-order valence-electron chi connectivity index (χ1n) is 6.71. The summed E-state index contributed by atoms with van der Waals surface area (Å²) >= 11 is 0. The summed E-state index contributed by atoms with van der Waals surface area (Å²) in [6.45, 7) is 4.33. The van der Waals surface area contributed by atoms with Gasteiger partial charge in [-0.1, -0.05) is 13.0 Å². The second-order valence-corrected chi connectivity index (χ2v) is 4.81. The Morgan fingerprint density at radius 1 is 1.41 bits per heavy atom. The third-order valence-corrected chi connectivity index (χ3v) is 3.58. The topological polar surface area (TPSA) is 28.2 Å². The van der Waals surface area contributed by atoms with Gasteiger partial charge in [-0.3, -0.25) is 0 Å². The lowest BCUT2D eigenvalue weighted by Crippen LogP contribution is -2.39. The maximum atomic E-state index is 4.61. The molecular formula is C14H23N3. The van der Waals surface area contributed by atoms with Crippen molar-refractivity contribution < 1.29 is 0 Å². The SMILES string of the molecule is CCC1CCCCN1c1ccc(CNC)cn1. The molecule has 0 aromatic carbocycles. The Balaban J connectivity index is 2.09. The number of rotatable bonds is 4. The normalized spacial score (nSPS) is 20.6. The van der Waals surface area contributed by atoms with Gasteiger partial charge >= 0.3 is 0 Å². The van der Waals surface area contributed by atoms with Gasteiger partial charge in [0.05, 0.1) is 0 Å². The molecule has 0 radical (unpaired) electrons. The molecule has 0 aliphatic carbocycles. The molecule has 0 bridgehead atoms. The van der Waals surface area contributed by atoms with Gasteiger partial charge in [-0.15, -0.1) is 0 Å². The van der Waals surface area contributed by atoms with Gasteiger partial charge < -0.3 is 10.2 Å². The molecule has 94 valence electrons. The van der Waals surface area contributed by atoms with E-state index in [9.17, 15) is 0 Å². The fraction of sp³-hybridized carbons (Fsp3) is 0.643. The number of piperidine rings is 1. The Morgan fingerprint density at radius 3 is 2.94 bits per heavy atom. The molecule has 1 aromatic rings. The van der Waals surface area contributed by atoms with Crippen LogP contribution >= 0.6 is 0 Å². The van der Waals surface area contributed by atoms with Gasteiger partial charge in [0, 0.05) is 25.3 Å². The molecule has 0 spiro atoms. The molecule has 1 N–H and O–H groups in total. The fourth-order valence-electron chi connectivity index (χ4n) is 2.62. The largest absolute Gasteiger partial charge is 0.354 e. The molecule has 1 atom stereocenters. The van der Waals surface area contributed by atoms with Crippen molar-refractivity contribution in [3.8, 4) is 0 Å². The van der Waals surface area contributed by atoms with Gasteiger partial charge in [0.1, 0.15) is 5.82 Å². The van der Waals surface area contributed by atoms with Crippen molar-refractivity contribution in [3.05, 3.63) is 23.9 Å². The van der Waals surface area contributed by atoms with Crippen LogP contribution in [0.3, 0.4) is 0 Å². The number of nitrogens with zero attached hydrogens (tertiary/aromatic N) is 2. The lowest BCUT2D eigenvalue weighted by atomic mass is 10.00. The van der Waals surface area contributed by atoms with E-state index in [1.165, 1.54) is 31.2 Å². The lowest BCUT2D eigenvalue weighted by molar-refractivity contribution is 0.447. The van der Waals surface area contributed by atoms with E-state index in [0.717, 1.165) is 18.9 Å². The number of aromatic nitrogens is 1. The molecule has 3 heteroatoms. The summed E-state index contributed by atoms with van der Waals surface area (Å²) in [5.41, 5.74) is 1.25. The third kappa shape index (κ3) is 2.97. The number of hydrogen-bond acceptors (Lipinski definition) is 3. The van der Waals surface area contributed by atoms with Gasteiger partial charge in [-0.25, -0.2) is 4.98 Å². The van der Waals surface area contributed by atoms with Crippen LogP contribution < -0.4 is 10.2 Å². The second kappa shape index (κ2) is 6.01. The van der Waals surface area contributed by atoms with Gasteiger partial charge in [0.25, 0.3) is 0 Å². The number of hydrogen-bond donors (Lipinski definition) is 1. The Bertz CT molecular complexity index is 334. The zero-order chi connectivity index (χ0) is 12.1. The molecule has 0 amide bonds. The zero-order valence-corrected chi connectivity index (χ0v) is 10.9. The maximum Gasteiger partial charge on any atom is 0.128 e. The molecule has 1 unspecified atom stereocenters. The fourth-order valence-corrected chi connectivity index (χ4v) is 2.62. The quantitative estimate of drug-likeness (QED) is 0.866. The van der Waals surface area contributed by atoms with E-state index in [-0.39, 0.29) is 0 Å². The van der Waals surface area contributed by atoms with Crippen LogP contribution in [-0.2, 0) is 6.54 Å². The zero-order valence-electron chi connectivity index (χ0n) is 10.9. The smallest absolute Gasteiger partial charge is 0.128 e. The second-order valence-electron chi connectivity index (χ2n) is 4.81. The first-order chi connectivity index (χ1) is 8.35. The summed E-state index contributed by atoms with van der Waals surface area (Å²) in [5.74, 6) is 1.15. The summed E-state index contributed by atoms with van der Waals surface area (Å²) in [4.78, 5) is 7.08. The Hall–Kier alpha value is -1.09. The number of pyridine rings is 1. The molecule has 0 saturated carbocycles. The van der Waals surface area contributed by atoms with E-state index in [1.54, 1.807) is 0 Å². The minimum atomic E-state index is 0.686. The molecular weight excluding hydrogens is 210 g/mol. The van der Waals surface area contributed by atoms with Gasteiger partial charge in [-0.05, 0) is 44.4 Å². The van der Waals surface area contributed by atoms with Crippen LogP contribution in [0, 0.1) is 0 Å².